The van der Waals surface area contributed by atoms with Crippen LogP contribution in [0.3, 0.4) is 0 Å². The number of benzene rings is 1. The number of carbonyl (C=O) groups excluding carboxylic acids is 1. The van der Waals surface area contributed by atoms with Gasteiger partial charge in [-0.05, 0) is 12.1 Å². The van der Waals surface area contributed by atoms with Crippen molar-refractivity contribution in [1.82, 2.24) is 0 Å². The van der Waals surface area contributed by atoms with Crippen LogP contribution in [-0.2, 0) is 14.3 Å². The summed E-state index contributed by atoms with van der Waals surface area (Å²) >= 11 is 0. The Balaban J connectivity index is 2.54. The minimum Gasteiger partial charge on any atom is -0.395 e. The van der Waals surface area contributed by atoms with E-state index in [1.807, 2.05) is 18.2 Å². The Morgan fingerprint density at radius 1 is 1.35 bits per heavy atom. The fourth-order valence-corrected chi connectivity index (χ4v) is 1.41. The van der Waals surface area contributed by atoms with Gasteiger partial charge in [0.25, 0.3) is 0 Å². The molecule has 20 heavy (non-hydrogen) atoms. The topological polar surface area (TPSA) is 67.8 Å². The Morgan fingerprint density at radius 2 is 2.15 bits per heavy atom. The summed E-state index contributed by atoms with van der Waals surface area (Å²) in [5.41, 5.74) is 1.35. The quantitative estimate of drug-likeness (QED) is 0.577. The zero-order valence-corrected chi connectivity index (χ0v) is 11.5. The molecule has 1 rings (SSSR count). The molecule has 0 bridgehead atoms. The van der Waals surface area contributed by atoms with Crippen molar-refractivity contribution < 1.29 is 19.4 Å². The van der Waals surface area contributed by atoms with Crippen LogP contribution in [0, 0.1) is 11.8 Å². The number of hydrogen-bond donors (Lipinski definition) is 2. The van der Waals surface area contributed by atoms with Gasteiger partial charge in [0, 0.05) is 19.1 Å². The Labute approximate surface area is 118 Å². The number of anilines is 1. The molecule has 0 spiro atoms. The standard InChI is InChI=1S/C15H19NO4/c1-19-10-11-20-12-15(18)16-14-8-3-2-6-13(14)7-4-5-9-17/h2-3,6,8,17H,5,9-12H2,1H3,(H,16,18). The normalized spacial score (nSPS) is 9.70. The predicted octanol–water partition coefficient (Wildman–Crippen LogP) is 1.02. The lowest BCUT2D eigenvalue weighted by Gasteiger charge is -2.07. The molecule has 0 saturated heterocycles. The third kappa shape index (κ3) is 6.34. The first-order valence-electron chi connectivity index (χ1n) is 6.33. The molecular weight excluding hydrogens is 258 g/mol. The molecular formula is C15H19NO4. The fraction of sp³-hybridized carbons (Fsp3) is 0.400. The number of aliphatic hydroxyl groups excluding tert-OH is 1. The van der Waals surface area contributed by atoms with E-state index in [1.54, 1.807) is 13.2 Å². The molecule has 108 valence electrons. The van der Waals surface area contributed by atoms with E-state index in [2.05, 4.69) is 17.2 Å². The summed E-state index contributed by atoms with van der Waals surface area (Å²) in [6, 6.07) is 7.24. The van der Waals surface area contributed by atoms with Crippen molar-refractivity contribution >= 4 is 11.6 Å². The molecule has 0 unspecified atom stereocenters. The molecule has 0 aliphatic carbocycles. The van der Waals surface area contributed by atoms with E-state index in [0.29, 0.717) is 30.9 Å². The van der Waals surface area contributed by atoms with Crippen LogP contribution in [0.25, 0.3) is 0 Å². The molecule has 0 radical (unpaired) electrons. The van der Waals surface area contributed by atoms with Crippen LogP contribution in [0.5, 0.6) is 0 Å². The molecule has 1 aromatic rings. The Kier molecular flexibility index (Phi) is 8.08. The first-order valence-corrected chi connectivity index (χ1v) is 6.33. The van der Waals surface area contributed by atoms with E-state index in [0.717, 1.165) is 0 Å². The van der Waals surface area contributed by atoms with Crippen LogP contribution < -0.4 is 5.32 Å². The maximum Gasteiger partial charge on any atom is 0.250 e. The van der Waals surface area contributed by atoms with Crippen molar-refractivity contribution in [3.63, 3.8) is 0 Å². The molecule has 0 fully saturated rings. The average Bonchev–Trinajstić information content (AvgIpc) is 2.46. The van der Waals surface area contributed by atoms with Gasteiger partial charge in [-0.1, -0.05) is 24.0 Å². The zero-order chi connectivity index (χ0) is 14.6. The maximum atomic E-state index is 11.7. The van der Waals surface area contributed by atoms with Crippen molar-refractivity contribution in [1.29, 1.82) is 0 Å². The summed E-state index contributed by atoms with van der Waals surface area (Å²) in [5.74, 6) is 5.50. The minimum atomic E-state index is -0.238. The summed E-state index contributed by atoms with van der Waals surface area (Å²) in [6.45, 7) is 0.828. The highest BCUT2D eigenvalue weighted by Gasteiger charge is 2.05. The van der Waals surface area contributed by atoms with Gasteiger partial charge in [0.15, 0.2) is 0 Å². The minimum absolute atomic E-state index is 0.0227. The molecule has 0 aliphatic heterocycles. The summed E-state index contributed by atoms with van der Waals surface area (Å²) < 4.78 is 9.96. The van der Waals surface area contributed by atoms with Crippen LogP contribution in [-0.4, -0.2) is 44.6 Å². The third-order valence-electron chi connectivity index (χ3n) is 2.33. The van der Waals surface area contributed by atoms with Crippen molar-refractivity contribution in [3.8, 4) is 11.8 Å². The van der Waals surface area contributed by atoms with E-state index >= 15 is 0 Å². The van der Waals surface area contributed by atoms with Crippen molar-refractivity contribution in [3.05, 3.63) is 29.8 Å². The van der Waals surface area contributed by atoms with E-state index in [1.165, 1.54) is 0 Å². The van der Waals surface area contributed by atoms with Crippen LogP contribution in [0.2, 0.25) is 0 Å². The Hall–Kier alpha value is -1.87. The first kappa shape index (κ1) is 16.2. The van der Waals surface area contributed by atoms with Gasteiger partial charge in [-0.2, -0.15) is 0 Å². The molecule has 0 saturated carbocycles. The van der Waals surface area contributed by atoms with Crippen molar-refractivity contribution in [2.45, 2.75) is 6.42 Å². The van der Waals surface area contributed by atoms with Crippen LogP contribution in [0.4, 0.5) is 5.69 Å². The third-order valence-corrected chi connectivity index (χ3v) is 2.33. The highest BCUT2D eigenvalue weighted by atomic mass is 16.5. The highest BCUT2D eigenvalue weighted by molar-refractivity contribution is 5.93. The summed E-state index contributed by atoms with van der Waals surface area (Å²) in [6.07, 6.45) is 0.405. The van der Waals surface area contributed by atoms with Gasteiger partial charge >= 0.3 is 0 Å². The number of para-hydroxylation sites is 1. The van der Waals surface area contributed by atoms with Crippen molar-refractivity contribution in [2.24, 2.45) is 0 Å². The van der Waals surface area contributed by atoms with E-state index in [-0.39, 0.29) is 19.1 Å². The van der Waals surface area contributed by atoms with Gasteiger partial charge in [0.05, 0.1) is 25.5 Å². The second kappa shape index (κ2) is 9.98. The van der Waals surface area contributed by atoms with Crippen LogP contribution >= 0.6 is 0 Å². The summed E-state index contributed by atoms with van der Waals surface area (Å²) in [4.78, 5) is 11.7. The molecule has 0 aliphatic rings. The number of rotatable bonds is 7. The van der Waals surface area contributed by atoms with E-state index in [9.17, 15) is 4.79 Å². The lowest BCUT2D eigenvalue weighted by atomic mass is 10.1. The smallest absolute Gasteiger partial charge is 0.250 e. The largest absolute Gasteiger partial charge is 0.395 e. The fourth-order valence-electron chi connectivity index (χ4n) is 1.41. The second-order valence-electron chi connectivity index (χ2n) is 3.91. The monoisotopic (exact) mass is 277 g/mol. The number of ether oxygens (including phenoxy) is 2. The lowest BCUT2D eigenvalue weighted by Crippen LogP contribution is -2.20. The van der Waals surface area contributed by atoms with Crippen LogP contribution in [0.1, 0.15) is 12.0 Å². The molecule has 0 atom stereocenters. The zero-order valence-electron chi connectivity index (χ0n) is 11.5. The maximum absolute atomic E-state index is 11.7. The number of nitrogens with one attached hydrogen (secondary N) is 1. The van der Waals surface area contributed by atoms with Gasteiger partial charge in [0.1, 0.15) is 6.61 Å². The van der Waals surface area contributed by atoms with Gasteiger partial charge in [-0.3, -0.25) is 4.79 Å². The van der Waals surface area contributed by atoms with Gasteiger partial charge in [0.2, 0.25) is 5.91 Å². The summed E-state index contributed by atoms with van der Waals surface area (Å²) in [5, 5.41) is 11.4. The van der Waals surface area contributed by atoms with Gasteiger partial charge in [-0.15, -0.1) is 0 Å². The molecule has 0 aromatic heterocycles. The first-order chi connectivity index (χ1) is 9.77. The predicted molar refractivity (Wildman–Crippen MR) is 76.3 cm³/mol. The molecule has 0 heterocycles. The van der Waals surface area contributed by atoms with E-state index < -0.39 is 0 Å². The van der Waals surface area contributed by atoms with Crippen molar-refractivity contribution in [2.75, 3.05) is 38.9 Å². The SMILES string of the molecule is COCCOCC(=O)Nc1ccccc1C#CCCO. The number of carbonyl (C=O) groups is 1. The lowest BCUT2D eigenvalue weighted by molar-refractivity contribution is -0.121. The Morgan fingerprint density at radius 3 is 2.90 bits per heavy atom. The number of hydrogen-bond acceptors (Lipinski definition) is 4. The number of amides is 1. The molecule has 1 aromatic carbocycles. The molecule has 1 amide bonds. The van der Waals surface area contributed by atoms with E-state index in [4.69, 9.17) is 14.6 Å². The molecule has 5 nitrogen and oxygen atoms in total. The molecule has 2 N–H and O–H groups in total. The summed E-state index contributed by atoms with van der Waals surface area (Å²) in [7, 11) is 1.57. The van der Waals surface area contributed by atoms with Crippen LogP contribution in [0.15, 0.2) is 24.3 Å². The average molecular weight is 277 g/mol. The highest BCUT2D eigenvalue weighted by Crippen LogP contribution is 2.13. The second-order valence-corrected chi connectivity index (χ2v) is 3.91. The van der Waals surface area contributed by atoms with Gasteiger partial charge < -0.3 is 19.9 Å². The molecule has 5 heteroatoms. The number of methoxy groups -OCH3 is 1. The van der Waals surface area contributed by atoms with Gasteiger partial charge in [-0.25, -0.2) is 0 Å². The Bertz CT molecular complexity index is 476. The number of aliphatic hydroxyl groups is 1.